The maximum atomic E-state index is 3.72. The molecule has 2 nitrogen and oxygen atoms in total. The second kappa shape index (κ2) is 8.53. The van der Waals surface area contributed by atoms with Gasteiger partial charge in [0.05, 0.1) is 0 Å². The molecule has 0 aromatic rings. The van der Waals surface area contributed by atoms with Crippen LogP contribution >= 0.6 is 0 Å². The van der Waals surface area contributed by atoms with Crippen molar-refractivity contribution in [2.45, 2.75) is 85.6 Å². The zero-order chi connectivity index (χ0) is 15.9. The Morgan fingerprint density at radius 2 is 1.76 bits per heavy atom. The Balaban J connectivity index is 2.48. The third-order valence-corrected chi connectivity index (χ3v) is 5.14. The lowest BCUT2D eigenvalue weighted by atomic mass is 9.85. The number of hydrogen-bond acceptors (Lipinski definition) is 2. The maximum Gasteiger partial charge on any atom is 0.00967 e. The SMILES string of the molecule is CCCC1CCCN(CC(C)(CC)CNC(C)(C)C)CC1. The fourth-order valence-corrected chi connectivity index (χ4v) is 3.39. The van der Waals surface area contributed by atoms with Gasteiger partial charge < -0.3 is 10.2 Å². The first-order valence-electron chi connectivity index (χ1n) is 9.25. The lowest BCUT2D eigenvalue weighted by Gasteiger charge is -2.37. The van der Waals surface area contributed by atoms with Gasteiger partial charge >= 0.3 is 0 Å². The number of nitrogens with one attached hydrogen (secondary N) is 1. The van der Waals surface area contributed by atoms with Crippen LogP contribution in [0.1, 0.15) is 80.1 Å². The van der Waals surface area contributed by atoms with Gasteiger partial charge in [-0.05, 0) is 70.9 Å². The van der Waals surface area contributed by atoms with Crippen LogP contribution in [0.5, 0.6) is 0 Å². The van der Waals surface area contributed by atoms with Crippen LogP contribution in [0.3, 0.4) is 0 Å². The number of nitrogens with zero attached hydrogens (tertiary/aromatic N) is 1. The minimum Gasteiger partial charge on any atom is -0.311 e. The highest BCUT2D eigenvalue weighted by molar-refractivity contribution is 4.84. The zero-order valence-corrected chi connectivity index (χ0v) is 15.6. The summed E-state index contributed by atoms with van der Waals surface area (Å²) in [5.74, 6) is 0.987. The standard InChI is InChI=1S/C19H40N2/c1-7-10-17-11-9-13-21(14-12-17)16-19(6,8-2)15-20-18(3,4)5/h17,20H,7-16H2,1-6H3. The van der Waals surface area contributed by atoms with Crippen molar-refractivity contribution < 1.29 is 0 Å². The van der Waals surface area contributed by atoms with Gasteiger partial charge in [0.15, 0.2) is 0 Å². The Hall–Kier alpha value is -0.0800. The van der Waals surface area contributed by atoms with E-state index in [-0.39, 0.29) is 5.54 Å². The van der Waals surface area contributed by atoms with E-state index in [0.717, 1.165) is 12.5 Å². The summed E-state index contributed by atoms with van der Waals surface area (Å²) in [7, 11) is 0. The van der Waals surface area contributed by atoms with Gasteiger partial charge in [0.1, 0.15) is 0 Å². The molecule has 1 saturated heterocycles. The first-order valence-corrected chi connectivity index (χ1v) is 9.25. The smallest absolute Gasteiger partial charge is 0.00967 e. The quantitative estimate of drug-likeness (QED) is 0.733. The van der Waals surface area contributed by atoms with E-state index in [1.807, 2.05) is 0 Å². The van der Waals surface area contributed by atoms with Gasteiger partial charge in [-0.2, -0.15) is 0 Å². The van der Waals surface area contributed by atoms with Gasteiger partial charge in [-0.15, -0.1) is 0 Å². The molecule has 0 amide bonds. The molecule has 1 aliphatic rings. The third-order valence-electron chi connectivity index (χ3n) is 5.14. The molecule has 1 rings (SSSR count). The Labute approximate surface area is 134 Å². The summed E-state index contributed by atoms with van der Waals surface area (Å²) in [5.41, 5.74) is 0.624. The van der Waals surface area contributed by atoms with Crippen LogP contribution in [0.15, 0.2) is 0 Å². The Morgan fingerprint density at radius 1 is 1.05 bits per heavy atom. The molecule has 21 heavy (non-hydrogen) atoms. The molecule has 2 heteroatoms. The summed E-state index contributed by atoms with van der Waals surface area (Å²) in [6, 6.07) is 0. The van der Waals surface area contributed by atoms with Crippen molar-refractivity contribution in [2.24, 2.45) is 11.3 Å². The number of rotatable bonds is 7. The predicted molar refractivity (Wildman–Crippen MR) is 94.8 cm³/mol. The first kappa shape index (κ1) is 19.0. The van der Waals surface area contributed by atoms with Crippen molar-refractivity contribution >= 4 is 0 Å². The predicted octanol–water partition coefficient (Wildman–Crippen LogP) is 4.69. The van der Waals surface area contributed by atoms with E-state index < -0.39 is 0 Å². The topological polar surface area (TPSA) is 15.3 Å². The van der Waals surface area contributed by atoms with Crippen LogP contribution in [0, 0.1) is 11.3 Å². The van der Waals surface area contributed by atoms with Crippen LogP contribution in [-0.4, -0.2) is 36.6 Å². The number of likely N-dealkylation sites (tertiary alicyclic amines) is 1. The highest BCUT2D eigenvalue weighted by atomic mass is 15.1. The van der Waals surface area contributed by atoms with Crippen LogP contribution in [-0.2, 0) is 0 Å². The average molecular weight is 297 g/mol. The van der Waals surface area contributed by atoms with Gasteiger partial charge in [-0.25, -0.2) is 0 Å². The normalized spacial score (nSPS) is 24.6. The van der Waals surface area contributed by atoms with Gasteiger partial charge in [-0.1, -0.05) is 33.6 Å². The second-order valence-corrected chi connectivity index (χ2v) is 8.63. The molecule has 1 heterocycles. The van der Waals surface area contributed by atoms with Gasteiger partial charge in [0.25, 0.3) is 0 Å². The minimum absolute atomic E-state index is 0.224. The van der Waals surface area contributed by atoms with Crippen LogP contribution in [0.4, 0.5) is 0 Å². The van der Waals surface area contributed by atoms with E-state index in [2.05, 4.69) is 51.8 Å². The van der Waals surface area contributed by atoms with Crippen molar-refractivity contribution in [3.63, 3.8) is 0 Å². The number of hydrogen-bond donors (Lipinski definition) is 1. The Kier molecular flexibility index (Phi) is 7.70. The van der Waals surface area contributed by atoms with Crippen LogP contribution in [0.25, 0.3) is 0 Å². The van der Waals surface area contributed by atoms with Crippen molar-refractivity contribution in [3.05, 3.63) is 0 Å². The molecule has 0 radical (unpaired) electrons. The second-order valence-electron chi connectivity index (χ2n) is 8.63. The summed E-state index contributed by atoms with van der Waals surface area (Å²) in [5, 5.41) is 3.72. The fourth-order valence-electron chi connectivity index (χ4n) is 3.39. The molecule has 2 unspecified atom stereocenters. The van der Waals surface area contributed by atoms with Crippen molar-refractivity contribution in [1.82, 2.24) is 10.2 Å². The van der Waals surface area contributed by atoms with Crippen LogP contribution in [0.2, 0.25) is 0 Å². The molecule has 126 valence electrons. The lowest BCUT2D eigenvalue weighted by molar-refractivity contribution is 0.148. The molecule has 0 spiro atoms. The highest BCUT2D eigenvalue weighted by Crippen LogP contribution is 2.27. The van der Waals surface area contributed by atoms with Gasteiger partial charge in [-0.3, -0.25) is 0 Å². The van der Waals surface area contributed by atoms with Gasteiger partial charge in [0.2, 0.25) is 0 Å². The summed E-state index contributed by atoms with van der Waals surface area (Å²) < 4.78 is 0. The van der Waals surface area contributed by atoms with E-state index >= 15 is 0 Å². The molecule has 0 bridgehead atoms. The van der Waals surface area contributed by atoms with E-state index in [9.17, 15) is 0 Å². The summed E-state index contributed by atoms with van der Waals surface area (Å²) in [6.45, 7) is 18.9. The maximum absolute atomic E-state index is 3.72. The first-order chi connectivity index (χ1) is 9.78. The average Bonchev–Trinajstić information content (AvgIpc) is 2.62. The molecule has 0 saturated carbocycles. The molecule has 2 atom stereocenters. The summed E-state index contributed by atoms with van der Waals surface area (Å²) in [4.78, 5) is 2.74. The molecular weight excluding hydrogens is 256 g/mol. The monoisotopic (exact) mass is 296 g/mol. The van der Waals surface area contributed by atoms with Crippen molar-refractivity contribution in [1.29, 1.82) is 0 Å². The molecule has 0 aliphatic carbocycles. The Morgan fingerprint density at radius 3 is 2.33 bits per heavy atom. The van der Waals surface area contributed by atoms with Crippen LogP contribution < -0.4 is 5.32 Å². The molecule has 0 aromatic heterocycles. The largest absolute Gasteiger partial charge is 0.311 e. The summed E-state index contributed by atoms with van der Waals surface area (Å²) in [6.07, 6.45) is 8.31. The van der Waals surface area contributed by atoms with E-state index in [0.29, 0.717) is 5.41 Å². The van der Waals surface area contributed by atoms with Crippen molar-refractivity contribution in [2.75, 3.05) is 26.2 Å². The van der Waals surface area contributed by atoms with E-state index in [1.165, 1.54) is 58.2 Å². The third kappa shape index (κ3) is 7.65. The van der Waals surface area contributed by atoms with E-state index in [1.54, 1.807) is 0 Å². The zero-order valence-electron chi connectivity index (χ0n) is 15.6. The molecule has 0 aromatic carbocycles. The Bertz CT molecular complexity index is 282. The minimum atomic E-state index is 0.224. The molecule has 1 fully saturated rings. The van der Waals surface area contributed by atoms with E-state index in [4.69, 9.17) is 0 Å². The molecule has 1 N–H and O–H groups in total. The lowest BCUT2D eigenvalue weighted by Crippen LogP contribution is -2.47. The molecule has 1 aliphatic heterocycles. The van der Waals surface area contributed by atoms with Gasteiger partial charge in [0, 0.05) is 18.6 Å². The van der Waals surface area contributed by atoms with Crippen molar-refractivity contribution in [3.8, 4) is 0 Å². The molecular formula is C19H40N2. The fraction of sp³-hybridized carbons (Fsp3) is 1.00. The highest BCUT2D eigenvalue weighted by Gasteiger charge is 2.28. The summed E-state index contributed by atoms with van der Waals surface area (Å²) >= 11 is 0.